The van der Waals surface area contributed by atoms with Crippen molar-refractivity contribution >= 4 is 28.4 Å². The zero-order valence-electron chi connectivity index (χ0n) is 21.9. The number of carbonyl (C=O) groups excluding carboxylic acids is 2. The van der Waals surface area contributed by atoms with Gasteiger partial charge in [0.1, 0.15) is 12.4 Å². The standard InChI is InChI=1S/C31H32N4O4/c1-21-16-24(28-9-2-3-10-29(28)32-21)20-39-27-13-11-23(12-14-27)31(37)33-25-7-5-15-35(19-25)26-8-4-6-22(17-26)18-30(36)34-38/h2-4,6,8-14,16-17,25,38H,5,7,15,18-20H2,1H3,(H,33,37)(H,34,36). The molecular formula is C31H32N4O4. The maximum absolute atomic E-state index is 13.0. The predicted octanol–water partition coefficient (Wildman–Crippen LogP) is 4.57. The zero-order valence-corrected chi connectivity index (χ0v) is 21.9. The molecule has 0 bridgehead atoms. The van der Waals surface area contributed by atoms with Crippen molar-refractivity contribution in [3.63, 3.8) is 0 Å². The molecule has 1 fully saturated rings. The fourth-order valence-electron chi connectivity index (χ4n) is 5.06. The Bertz CT molecular complexity index is 1470. The van der Waals surface area contributed by atoms with E-state index in [-0.39, 0.29) is 18.4 Å². The van der Waals surface area contributed by atoms with E-state index in [9.17, 15) is 9.59 Å². The smallest absolute Gasteiger partial charge is 0.251 e. The molecular weight excluding hydrogens is 492 g/mol. The highest BCUT2D eigenvalue weighted by Gasteiger charge is 2.22. The fraction of sp³-hybridized carbons (Fsp3) is 0.258. The Morgan fingerprint density at radius 1 is 1.05 bits per heavy atom. The predicted molar refractivity (Wildman–Crippen MR) is 150 cm³/mol. The lowest BCUT2D eigenvalue weighted by molar-refractivity contribution is -0.128. The van der Waals surface area contributed by atoms with Crippen LogP contribution in [0.1, 0.15) is 40.0 Å². The van der Waals surface area contributed by atoms with E-state index in [1.165, 1.54) is 0 Å². The summed E-state index contributed by atoms with van der Waals surface area (Å²) in [4.78, 5) is 31.3. The Balaban J connectivity index is 1.18. The number of piperidine rings is 1. The molecule has 0 aliphatic carbocycles. The van der Waals surface area contributed by atoms with Crippen LogP contribution in [0.3, 0.4) is 0 Å². The molecule has 2 heterocycles. The molecule has 1 aliphatic heterocycles. The molecule has 4 aromatic rings. The molecule has 1 aliphatic rings. The molecule has 3 N–H and O–H groups in total. The van der Waals surface area contributed by atoms with Crippen LogP contribution in [-0.4, -0.2) is 41.1 Å². The zero-order chi connectivity index (χ0) is 27.2. The van der Waals surface area contributed by atoms with Gasteiger partial charge in [0.05, 0.1) is 11.9 Å². The summed E-state index contributed by atoms with van der Waals surface area (Å²) in [5.41, 5.74) is 7.04. The van der Waals surface area contributed by atoms with Gasteiger partial charge < -0.3 is 15.0 Å². The second kappa shape index (κ2) is 12.0. The monoisotopic (exact) mass is 524 g/mol. The number of ether oxygens (including phenoxy) is 1. The van der Waals surface area contributed by atoms with Crippen LogP contribution >= 0.6 is 0 Å². The van der Waals surface area contributed by atoms with Gasteiger partial charge in [-0.1, -0.05) is 30.3 Å². The van der Waals surface area contributed by atoms with Gasteiger partial charge in [-0.15, -0.1) is 0 Å². The van der Waals surface area contributed by atoms with E-state index in [1.807, 2.05) is 73.7 Å². The van der Waals surface area contributed by atoms with Crippen LogP contribution in [0, 0.1) is 6.92 Å². The molecule has 1 aromatic heterocycles. The van der Waals surface area contributed by atoms with Crippen molar-refractivity contribution in [1.82, 2.24) is 15.8 Å². The number of nitrogens with zero attached hydrogens (tertiary/aromatic N) is 2. The Kier molecular flexibility index (Phi) is 8.03. The van der Waals surface area contributed by atoms with Crippen molar-refractivity contribution in [3.05, 3.63) is 101 Å². The lowest BCUT2D eigenvalue weighted by Crippen LogP contribution is -2.47. The van der Waals surface area contributed by atoms with E-state index in [4.69, 9.17) is 9.94 Å². The molecule has 1 atom stereocenters. The molecule has 200 valence electrons. The number of rotatable bonds is 8. The Morgan fingerprint density at radius 3 is 2.69 bits per heavy atom. The van der Waals surface area contributed by atoms with E-state index in [1.54, 1.807) is 17.6 Å². The quantitative estimate of drug-likeness (QED) is 0.231. The molecule has 8 nitrogen and oxygen atoms in total. The van der Waals surface area contributed by atoms with Gasteiger partial charge in [0, 0.05) is 47.0 Å². The third-order valence-corrected chi connectivity index (χ3v) is 6.96. The summed E-state index contributed by atoms with van der Waals surface area (Å²) in [7, 11) is 0. The molecule has 0 spiro atoms. The Morgan fingerprint density at radius 2 is 1.87 bits per heavy atom. The third kappa shape index (κ3) is 6.53. The minimum Gasteiger partial charge on any atom is -0.489 e. The first-order chi connectivity index (χ1) is 19.0. The maximum atomic E-state index is 13.0. The van der Waals surface area contributed by atoms with Crippen LogP contribution in [0.15, 0.2) is 78.9 Å². The molecule has 1 saturated heterocycles. The van der Waals surface area contributed by atoms with E-state index in [0.29, 0.717) is 24.5 Å². The average Bonchev–Trinajstić information content (AvgIpc) is 2.96. The van der Waals surface area contributed by atoms with Crippen LogP contribution in [-0.2, 0) is 17.8 Å². The van der Waals surface area contributed by atoms with Gasteiger partial charge in [0.2, 0.25) is 5.91 Å². The summed E-state index contributed by atoms with van der Waals surface area (Å²) in [5, 5.41) is 13.0. The molecule has 1 unspecified atom stereocenters. The summed E-state index contributed by atoms with van der Waals surface area (Å²) < 4.78 is 6.04. The number of aromatic nitrogens is 1. The Hall–Kier alpha value is -4.43. The van der Waals surface area contributed by atoms with Crippen molar-refractivity contribution in [1.29, 1.82) is 0 Å². The lowest BCUT2D eigenvalue weighted by Gasteiger charge is -2.35. The largest absolute Gasteiger partial charge is 0.489 e. The van der Waals surface area contributed by atoms with Gasteiger partial charge >= 0.3 is 0 Å². The summed E-state index contributed by atoms with van der Waals surface area (Å²) in [6.07, 6.45) is 1.95. The summed E-state index contributed by atoms with van der Waals surface area (Å²) >= 11 is 0. The number of aryl methyl sites for hydroxylation is 1. The van der Waals surface area contributed by atoms with Crippen LogP contribution in [0.25, 0.3) is 10.9 Å². The minimum atomic E-state index is -0.451. The van der Waals surface area contributed by atoms with Gasteiger partial charge in [-0.25, -0.2) is 5.48 Å². The first kappa shape index (κ1) is 26.2. The molecule has 0 radical (unpaired) electrons. The van der Waals surface area contributed by atoms with Crippen LogP contribution in [0.4, 0.5) is 5.69 Å². The summed E-state index contributed by atoms with van der Waals surface area (Å²) in [6, 6.07) is 25.0. The molecule has 39 heavy (non-hydrogen) atoms. The van der Waals surface area contributed by atoms with Crippen LogP contribution in [0.5, 0.6) is 5.75 Å². The highest BCUT2D eigenvalue weighted by Crippen LogP contribution is 2.23. The number of para-hydroxylation sites is 1. The van der Waals surface area contributed by atoms with E-state index in [0.717, 1.165) is 52.8 Å². The second-order valence-electron chi connectivity index (χ2n) is 9.89. The van der Waals surface area contributed by atoms with Crippen molar-refractivity contribution < 1.29 is 19.5 Å². The minimum absolute atomic E-state index is 0.00906. The van der Waals surface area contributed by atoms with Crippen molar-refractivity contribution in [2.45, 2.75) is 38.8 Å². The van der Waals surface area contributed by atoms with Crippen molar-refractivity contribution in [2.75, 3.05) is 18.0 Å². The lowest BCUT2D eigenvalue weighted by atomic mass is 10.0. The van der Waals surface area contributed by atoms with Gasteiger partial charge in [-0.05, 0) is 73.9 Å². The summed E-state index contributed by atoms with van der Waals surface area (Å²) in [6.45, 7) is 3.95. The van der Waals surface area contributed by atoms with Gasteiger partial charge in [0.15, 0.2) is 0 Å². The van der Waals surface area contributed by atoms with Gasteiger partial charge in [-0.3, -0.25) is 19.8 Å². The number of hydroxylamine groups is 1. The second-order valence-corrected chi connectivity index (χ2v) is 9.89. The molecule has 8 heteroatoms. The van der Waals surface area contributed by atoms with Crippen LogP contribution < -0.4 is 20.4 Å². The number of amides is 2. The highest BCUT2D eigenvalue weighted by molar-refractivity contribution is 5.94. The number of hydrogen-bond acceptors (Lipinski definition) is 6. The molecule has 2 amide bonds. The van der Waals surface area contributed by atoms with Crippen molar-refractivity contribution in [3.8, 4) is 5.75 Å². The van der Waals surface area contributed by atoms with Gasteiger partial charge in [0.25, 0.3) is 5.91 Å². The molecule has 5 rings (SSSR count). The summed E-state index contributed by atoms with van der Waals surface area (Å²) in [5.74, 6) is 0.134. The number of hydrogen-bond donors (Lipinski definition) is 3. The normalized spacial score (nSPS) is 15.1. The van der Waals surface area contributed by atoms with Crippen LogP contribution in [0.2, 0.25) is 0 Å². The topological polar surface area (TPSA) is 104 Å². The van der Waals surface area contributed by atoms with Crippen molar-refractivity contribution in [2.24, 2.45) is 0 Å². The van der Waals surface area contributed by atoms with Gasteiger partial charge in [-0.2, -0.15) is 0 Å². The Labute approximate surface area is 227 Å². The highest BCUT2D eigenvalue weighted by atomic mass is 16.5. The number of pyridine rings is 1. The fourth-order valence-corrected chi connectivity index (χ4v) is 5.06. The maximum Gasteiger partial charge on any atom is 0.251 e. The van der Waals surface area contributed by atoms with E-state index in [2.05, 4.69) is 15.2 Å². The number of nitrogens with one attached hydrogen (secondary N) is 2. The number of anilines is 1. The number of benzene rings is 3. The average molecular weight is 525 g/mol. The van der Waals surface area contributed by atoms with E-state index >= 15 is 0 Å². The third-order valence-electron chi connectivity index (χ3n) is 6.96. The number of fused-ring (bicyclic) bond motifs is 1. The SMILES string of the molecule is Cc1cc(COc2ccc(C(=O)NC3CCCN(c4cccc(CC(=O)NO)c4)C3)cc2)c2ccccc2n1. The molecule has 0 saturated carbocycles. The van der Waals surface area contributed by atoms with E-state index < -0.39 is 5.91 Å². The first-order valence-corrected chi connectivity index (χ1v) is 13.1. The first-order valence-electron chi connectivity index (χ1n) is 13.1. The molecule has 3 aromatic carbocycles. The number of carbonyl (C=O) groups is 2.